The number of furan rings is 1. The van der Waals surface area contributed by atoms with Gasteiger partial charge in [-0.1, -0.05) is 127 Å². The van der Waals surface area contributed by atoms with E-state index < -0.39 is 52.9 Å². The summed E-state index contributed by atoms with van der Waals surface area (Å²) in [7, 11) is 1.17. The van der Waals surface area contributed by atoms with E-state index in [1.54, 1.807) is 194 Å². The van der Waals surface area contributed by atoms with Crippen LogP contribution in [0.5, 0.6) is 23.0 Å². The highest BCUT2D eigenvalue weighted by Gasteiger charge is 2.28. The fourth-order valence-electron chi connectivity index (χ4n) is 13.6. The van der Waals surface area contributed by atoms with E-state index in [4.69, 9.17) is 27.5 Å². The average Bonchev–Trinajstić information content (AvgIpc) is 1.57. The summed E-state index contributed by atoms with van der Waals surface area (Å²) in [5.41, 5.74) is 15.5. The zero-order valence-electron chi connectivity index (χ0n) is 72.1. The van der Waals surface area contributed by atoms with Crippen molar-refractivity contribution in [3.05, 3.63) is 340 Å². The van der Waals surface area contributed by atoms with Gasteiger partial charge >= 0.3 is 5.97 Å². The molecule has 7 aromatic heterocycles. The number of anilines is 4. The predicted octanol–water partition coefficient (Wildman–Crippen LogP) is 20.4. The van der Waals surface area contributed by atoms with Gasteiger partial charge < -0.3 is 67.4 Å². The van der Waals surface area contributed by atoms with Crippen molar-refractivity contribution in [2.24, 2.45) is 52.4 Å². The minimum atomic E-state index is -0.786. The van der Waals surface area contributed by atoms with Crippen LogP contribution < -0.4 is 32.7 Å². The Kier molecular flexibility index (Phi) is 29.7. The van der Waals surface area contributed by atoms with Crippen molar-refractivity contribution in [3.8, 4) is 34.1 Å². The highest BCUT2D eigenvalue weighted by molar-refractivity contribution is 7.79. The quantitative estimate of drug-likeness (QED) is 0.0109. The number of aliphatic hydroxyl groups is 1. The summed E-state index contributed by atoms with van der Waals surface area (Å²) >= 11 is 12.4. The largest absolute Gasteiger partial charge is 0.505 e. The Bertz CT molecular complexity index is 7900. The number of thiol groups is 1. The second-order valence-electron chi connectivity index (χ2n) is 29.2. The lowest BCUT2D eigenvalue weighted by Crippen LogP contribution is -2.16. The van der Waals surface area contributed by atoms with Gasteiger partial charge in [0.1, 0.15) is 51.5 Å². The summed E-state index contributed by atoms with van der Waals surface area (Å²) < 4.78 is 16.4. The van der Waals surface area contributed by atoms with Crippen LogP contribution in [0.1, 0.15) is 110 Å². The van der Waals surface area contributed by atoms with E-state index in [1.165, 1.54) is 77.1 Å². The lowest BCUT2D eigenvalue weighted by atomic mass is 10.0. The van der Waals surface area contributed by atoms with E-state index in [-0.39, 0.29) is 114 Å². The van der Waals surface area contributed by atoms with Crippen LogP contribution in [0.3, 0.4) is 0 Å². The Balaban J connectivity index is 0.000000140. The predicted molar refractivity (Wildman–Crippen MR) is 521 cm³/mol. The first-order valence-corrected chi connectivity index (χ1v) is 43.5. The number of aromatic nitrogens is 9. The van der Waals surface area contributed by atoms with Crippen LogP contribution in [0.25, 0.3) is 54.2 Å². The van der Waals surface area contributed by atoms with Gasteiger partial charge in [0.15, 0.2) is 52.0 Å². The molecule has 0 radical (unpaired) electrons. The Labute approximate surface area is 802 Å². The van der Waals surface area contributed by atoms with Gasteiger partial charge in [0.05, 0.1) is 53.4 Å². The molecule has 0 saturated carbocycles. The number of aliphatic hydroxyl groups excluding tert-OH is 1. The normalized spacial score (nSPS) is 11.1. The lowest BCUT2D eigenvalue weighted by Gasteiger charge is -2.12. The van der Waals surface area contributed by atoms with Crippen molar-refractivity contribution in [1.82, 2.24) is 43.9 Å². The second kappa shape index (κ2) is 43.4. The van der Waals surface area contributed by atoms with Crippen LogP contribution in [0.15, 0.2) is 313 Å². The standard InChI is InChI=1S/C25H19N3O6S.C24H17N9O3.C24H17N7O3S.C23H17ClN4O4S/c1-33-25(32)19-12-34-20(11-29)21(19)27-28-22-17-5-3-2-4-15(17)10-18(23(22)30)24(31)26-16-8-6-14(13-35)7-9-16;25-21(35)18-13-33(24-27-8-3-9-28-24)32-22(18)31-30-19-16-5-2-1-4-14(16)12-17(20(19)34)23(36)29-15-6-10-26-11-7-15;25-22(33)20-18(13-27-31(20)24-26-10-11-35-24)29-30-19-16-9-5-4-6-14(16)12-17(21(19)32)23(34)28-15-7-2-1-3-8-15;1-12-19(11-30)23(33-28-12)27-26-20-17-7-2-13(10-29)8-14(17)9-18(21(20)31)22(32)25-16-5-3-15(24)4-6-16/h2-12,30,35H,13H2,1H3,(H,26,31);1-13,34H,(H2,25,35)(H,26,29,36);1-13,32H,(H2,25,33)(H,28,34);2-9,11,29,31H,10H2,1H3,(H,25,32). The molecule has 0 fully saturated rings. The van der Waals surface area contributed by atoms with Gasteiger partial charge in [-0.2, -0.15) is 26.8 Å². The molecule has 0 spiro atoms. The number of ether oxygens (including phenoxy) is 1. The molecule has 0 aliphatic carbocycles. The Morgan fingerprint density at radius 2 is 0.993 bits per heavy atom. The third-order valence-corrected chi connectivity index (χ3v) is 22.6. The molecular formula is C96H70ClN23O16S3. The fraction of sp³-hybridized carbons (Fsp3) is 0.0417. The number of primary amides is 2. The SMILES string of the molecule is COC(=O)c1coc(C=O)c1N=Nc1c(O)c(C(=O)Nc2ccc(CS)cc2)cc2ccccc12.Cc1nsc(N=Nc2c(O)c(C(=O)Nc3ccc(Cl)cc3)cc3cc(CO)ccc23)c1C=O.NC(=O)c1c(N=Nc2c(O)c(C(=O)Nc3ccccc3)cc3ccccc23)cnn1-c1nccs1.NC(=O)c1cn(-c2ncccn2)nc1N=Nc1c(O)c(C(=O)Nc2ccncc2)cc2ccccc12. The molecule has 7 heterocycles. The topological polar surface area (TPSA) is 576 Å². The minimum Gasteiger partial charge on any atom is -0.505 e. The number of phenols is 4. The summed E-state index contributed by atoms with van der Waals surface area (Å²) in [5, 5.41) is 113. The number of amides is 6. The number of aldehydes is 2. The molecule has 43 heteroatoms. The summed E-state index contributed by atoms with van der Waals surface area (Å²) in [5.74, 6) is -5.64. The summed E-state index contributed by atoms with van der Waals surface area (Å²) in [6, 6.07) is 59.8. The van der Waals surface area contributed by atoms with Crippen LogP contribution in [0, 0.1) is 6.92 Å². The van der Waals surface area contributed by atoms with Gasteiger partial charge in [-0.05, 0) is 148 Å². The van der Waals surface area contributed by atoms with Crippen molar-refractivity contribution < 1.29 is 77.8 Å². The number of methoxy groups -OCH3 is 1. The first-order valence-electron chi connectivity index (χ1n) is 40.9. The number of carbonyl (C=O) groups is 9. The molecule has 0 aliphatic heterocycles. The van der Waals surface area contributed by atoms with E-state index in [2.05, 4.69) is 114 Å². The molecule has 39 nitrogen and oxygen atoms in total. The average molecular weight is 1930 g/mol. The molecule has 13 N–H and O–H groups in total. The number of esters is 1. The van der Waals surface area contributed by atoms with Crippen molar-refractivity contribution in [3.63, 3.8) is 0 Å². The van der Waals surface area contributed by atoms with Crippen LogP contribution >= 0.6 is 47.1 Å². The number of nitrogens with two attached hydrogens (primary N) is 2. The number of hydrogen-bond acceptors (Lipinski definition) is 34. The number of aryl methyl sites for hydroxylation is 1. The number of para-hydroxylation sites is 1. The van der Waals surface area contributed by atoms with Crippen molar-refractivity contribution in [2.75, 3.05) is 28.4 Å². The number of carbonyl (C=O) groups excluding carboxylic acids is 9. The minimum absolute atomic E-state index is 0.00882. The van der Waals surface area contributed by atoms with E-state index in [1.807, 2.05) is 24.3 Å². The van der Waals surface area contributed by atoms with Crippen LogP contribution in [0.4, 0.5) is 67.7 Å². The molecule has 18 rings (SSSR count). The highest BCUT2D eigenvalue weighted by atomic mass is 35.5. The van der Waals surface area contributed by atoms with Crippen molar-refractivity contribution in [1.29, 1.82) is 0 Å². The number of fused-ring (bicyclic) bond motifs is 4. The van der Waals surface area contributed by atoms with Crippen molar-refractivity contribution >= 4 is 212 Å². The molecule has 6 amide bonds. The van der Waals surface area contributed by atoms with Crippen LogP contribution in [-0.2, 0) is 17.1 Å². The maximum absolute atomic E-state index is 13.0. The number of nitrogens with one attached hydrogen (secondary N) is 4. The fourth-order valence-corrected chi connectivity index (χ4v) is 15.2. The molecule has 0 saturated heterocycles. The second-order valence-corrected chi connectivity index (χ2v) is 31.6. The Morgan fingerprint density at radius 3 is 1.50 bits per heavy atom. The highest BCUT2D eigenvalue weighted by Crippen LogP contribution is 2.46. The molecule has 0 atom stereocenters. The first kappa shape index (κ1) is 95.1. The van der Waals surface area contributed by atoms with Gasteiger partial charge in [-0.25, -0.2) is 24.4 Å². The van der Waals surface area contributed by atoms with Gasteiger partial charge in [0.2, 0.25) is 10.9 Å². The maximum atomic E-state index is 13.0. The zero-order valence-corrected chi connectivity index (χ0v) is 75.4. The van der Waals surface area contributed by atoms with E-state index in [0.717, 1.165) is 23.4 Å². The van der Waals surface area contributed by atoms with Crippen LogP contribution in [0.2, 0.25) is 5.02 Å². The Hall–Kier alpha value is -18.5. The van der Waals surface area contributed by atoms with Gasteiger partial charge in [0.25, 0.3) is 41.4 Å². The molecule has 0 aliphatic rings. The maximum Gasteiger partial charge on any atom is 0.343 e. The molecule has 139 heavy (non-hydrogen) atoms. The summed E-state index contributed by atoms with van der Waals surface area (Å²) in [6.07, 6.45) is 12.4. The number of pyridine rings is 1. The third-order valence-electron chi connectivity index (χ3n) is 20.4. The molecule has 18 aromatic rings. The van der Waals surface area contributed by atoms with Crippen LogP contribution in [-0.4, -0.2) is 130 Å². The number of halogens is 1. The molecular weight excluding hydrogens is 1860 g/mol. The molecule has 11 aromatic carbocycles. The molecule has 0 unspecified atom stereocenters. The number of hydrogen-bond donors (Lipinski definition) is 12. The first-order chi connectivity index (χ1) is 67.4. The monoisotopic (exact) mass is 1930 g/mol. The Morgan fingerprint density at radius 1 is 0.511 bits per heavy atom. The van der Waals surface area contributed by atoms with Gasteiger partial charge in [-0.15, -0.1) is 57.3 Å². The smallest absolute Gasteiger partial charge is 0.343 e. The zero-order chi connectivity index (χ0) is 97.9. The summed E-state index contributed by atoms with van der Waals surface area (Å²) in [4.78, 5) is 127. The van der Waals surface area contributed by atoms with E-state index in [9.17, 15) is 68.7 Å². The number of nitrogens with zero attached hydrogens (tertiary/aromatic N) is 17. The number of aromatic hydroxyl groups is 4. The third kappa shape index (κ3) is 21.7. The number of azo groups is 4. The summed E-state index contributed by atoms with van der Waals surface area (Å²) in [6.45, 7) is 1.49. The number of benzene rings is 11. The number of phenolic OH excluding ortho intramolecular Hbond substituents is 4. The molecule has 0 bridgehead atoms. The number of rotatable bonds is 25. The number of thiazole rings is 1. The van der Waals surface area contributed by atoms with Gasteiger partial charge in [0, 0.05) is 97.6 Å². The van der Waals surface area contributed by atoms with Crippen molar-refractivity contribution in [2.45, 2.75) is 19.3 Å². The van der Waals surface area contributed by atoms with Gasteiger partial charge in [-0.3, -0.25) is 43.3 Å². The van der Waals surface area contributed by atoms with E-state index >= 15 is 0 Å². The van der Waals surface area contributed by atoms with E-state index in [0.29, 0.717) is 111 Å². The lowest BCUT2D eigenvalue weighted by molar-refractivity contribution is 0.0599. The molecule has 690 valence electrons.